The molecule has 1 amide bonds. The summed E-state index contributed by atoms with van der Waals surface area (Å²) in [7, 11) is 0. The van der Waals surface area contributed by atoms with Gasteiger partial charge in [0.1, 0.15) is 5.82 Å². The van der Waals surface area contributed by atoms with Crippen LogP contribution in [0.1, 0.15) is 32.1 Å². The molecule has 0 aliphatic heterocycles. The van der Waals surface area contributed by atoms with Gasteiger partial charge in [0.05, 0.1) is 15.2 Å². The van der Waals surface area contributed by atoms with E-state index < -0.39 is 5.82 Å². The number of nitrogens with one attached hydrogen (secondary N) is 1. The van der Waals surface area contributed by atoms with E-state index in [0.717, 1.165) is 19.3 Å². The molecule has 1 rings (SSSR count). The van der Waals surface area contributed by atoms with Crippen LogP contribution >= 0.6 is 39.3 Å². The second kappa shape index (κ2) is 9.64. The summed E-state index contributed by atoms with van der Waals surface area (Å²) < 4.78 is 13.5. The van der Waals surface area contributed by atoms with Crippen LogP contribution in [0.4, 0.5) is 10.1 Å². The van der Waals surface area contributed by atoms with Crippen LogP contribution in [0, 0.1) is 5.82 Å². The minimum absolute atomic E-state index is 0.0877. The van der Waals surface area contributed by atoms with Crippen molar-refractivity contribution < 1.29 is 9.18 Å². The van der Waals surface area contributed by atoms with Gasteiger partial charge in [-0.05, 0) is 52.9 Å². The minimum atomic E-state index is -0.443. The summed E-state index contributed by atoms with van der Waals surface area (Å²) >= 11 is 10.8. The van der Waals surface area contributed by atoms with Gasteiger partial charge in [-0.3, -0.25) is 4.79 Å². The molecule has 0 fully saturated rings. The summed E-state index contributed by atoms with van der Waals surface area (Å²) in [6.07, 6.45) is 6.81. The van der Waals surface area contributed by atoms with Crippen LogP contribution < -0.4 is 5.32 Å². The molecule has 1 aromatic rings. The quantitative estimate of drug-likeness (QED) is 0.475. The number of anilines is 1. The predicted octanol–water partition coefficient (Wildman–Crippen LogP) is 5.49. The SMILES string of the molecule is CSCCCCCCC(=O)Nc1cc(Br)c(F)cc1Cl. The molecule has 0 atom stereocenters. The molecule has 0 aliphatic rings. The number of benzene rings is 1. The van der Waals surface area contributed by atoms with Gasteiger partial charge in [-0.25, -0.2) is 4.39 Å². The third-order valence-corrected chi connectivity index (χ3v) is 4.40. The average molecular weight is 383 g/mol. The Hall–Kier alpha value is -0.260. The molecule has 0 spiro atoms. The van der Waals surface area contributed by atoms with E-state index >= 15 is 0 Å². The van der Waals surface area contributed by atoms with E-state index in [0.29, 0.717) is 12.1 Å². The first kappa shape index (κ1) is 17.8. The number of halogens is 3. The highest BCUT2D eigenvalue weighted by Gasteiger charge is 2.09. The van der Waals surface area contributed by atoms with Crippen molar-refractivity contribution >= 4 is 50.9 Å². The minimum Gasteiger partial charge on any atom is -0.325 e. The zero-order valence-corrected chi connectivity index (χ0v) is 14.5. The molecule has 0 aliphatic carbocycles. The third-order valence-electron chi connectivity index (χ3n) is 2.79. The maximum Gasteiger partial charge on any atom is 0.224 e. The second-order valence-corrected chi connectivity index (χ2v) is 6.70. The van der Waals surface area contributed by atoms with Gasteiger partial charge < -0.3 is 5.32 Å². The number of rotatable bonds is 8. The fourth-order valence-electron chi connectivity index (χ4n) is 1.72. The molecule has 0 unspecified atom stereocenters. The first-order valence-electron chi connectivity index (χ1n) is 6.48. The van der Waals surface area contributed by atoms with Crippen LogP contribution in [0.2, 0.25) is 5.02 Å². The Morgan fingerprint density at radius 1 is 1.35 bits per heavy atom. The van der Waals surface area contributed by atoms with Crippen LogP contribution in [-0.4, -0.2) is 17.9 Å². The highest BCUT2D eigenvalue weighted by atomic mass is 79.9. The van der Waals surface area contributed by atoms with E-state index in [9.17, 15) is 9.18 Å². The molecular formula is C14H18BrClFNOS. The summed E-state index contributed by atoms with van der Waals surface area (Å²) in [4.78, 5) is 11.8. The largest absolute Gasteiger partial charge is 0.325 e. The standard InChI is InChI=1S/C14H18BrClFNOS/c1-20-7-5-3-2-4-6-14(19)18-13-8-10(15)12(17)9-11(13)16/h8-9H,2-7H2,1H3,(H,18,19). The van der Waals surface area contributed by atoms with Gasteiger partial charge in [0, 0.05) is 6.42 Å². The molecule has 0 radical (unpaired) electrons. The summed E-state index contributed by atoms with van der Waals surface area (Å²) in [5.74, 6) is 0.642. The Balaban J connectivity index is 2.34. The molecule has 0 saturated heterocycles. The van der Waals surface area contributed by atoms with E-state index in [2.05, 4.69) is 27.5 Å². The lowest BCUT2D eigenvalue weighted by Crippen LogP contribution is -2.11. The van der Waals surface area contributed by atoms with Gasteiger partial charge in [0.25, 0.3) is 0 Å². The number of thioether (sulfide) groups is 1. The number of hydrogen-bond acceptors (Lipinski definition) is 2. The van der Waals surface area contributed by atoms with Gasteiger partial charge in [-0.15, -0.1) is 0 Å². The monoisotopic (exact) mass is 381 g/mol. The number of carbonyl (C=O) groups is 1. The van der Waals surface area contributed by atoms with Gasteiger partial charge in [-0.2, -0.15) is 11.8 Å². The van der Waals surface area contributed by atoms with Crippen molar-refractivity contribution in [3.05, 3.63) is 27.4 Å². The fourth-order valence-corrected chi connectivity index (χ4v) is 2.75. The van der Waals surface area contributed by atoms with E-state index in [1.54, 1.807) is 0 Å². The van der Waals surface area contributed by atoms with Crippen LogP contribution in [0.25, 0.3) is 0 Å². The number of amides is 1. The van der Waals surface area contributed by atoms with Crippen molar-refractivity contribution in [2.75, 3.05) is 17.3 Å². The fraction of sp³-hybridized carbons (Fsp3) is 0.500. The summed E-state index contributed by atoms with van der Waals surface area (Å²) in [6, 6.07) is 2.66. The van der Waals surface area contributed by atoms with E-state index in [-0.39, 0.29) is 15.4 Å². The van der Waals surface area contributed by atoms with Crippen molar-refractivity contribution in [2.45, 2.75) is 32.1 Å². The molecule has 0 aromatic heterocycles. The Morgan fingerprint density at radius 3 is 2.75 bits per heavy atom. The first-order chi connectivity index (χ1) is 9.54. The van der Waals surface area contributed by atoms with Crippen LogP contribution in [0.15, 0.2) is 16.6 Å². The molecule has 1 aromatic carbocycles. The molecule has 0 saturated carbocycles. The third kappa shape index (κ3) is 6.46. The summed E-state index contributed by atoms with van der Waals surface area (Å²) in [6.45, 7) is 0. The Bertz CT molecular complexity index is 459. The lowest BCUT2D eigenvalue weighted by molar-refractivity contribution is -0.116. The molecular weight excluding hydrogens is 365 g/mol. The molecule has 1 N–H and O–H groups in total. The van der Waals surface area contributed by atoms with E-state index in [4.69, 9.17) is 11.6 Å². The normalized spacial score (nSPS) is 10.6. The summed E-state index contributed by atoms with van der Waals surface area (Å²) in [5.41, 5.74) is 0.437. The average Bonchev–Trinajstić information content (AvgIpc) is 2.40. The van der Waals surface area contributed by atoms with E-state index in [1.165, 1.54) is 24.3 Å². The highest BCUT2D eigenvalue weighted by Crippen LogP contribution is 2.28. The van der Waals surface area contributed by atoms with Gasteiger partial charge >= 0.3 is 0 Å². The Morgan fingerprint density at radius 2 is 2.05 bits per heavy atom. The molecule has 0 bridgehead atoms. The molecule has 6 heteroatoms. The zero-order chi connectivity index (χ0) is 15.0. The molecule has 20 heavy (non-hydrogen) atoms. The smallest absolute Gasteiger partial charge is 0.224 e. The predicted molar refractivity (Wildman–Crippen MR) is 89.2 cm³/mol. The maximum absolute atomic E-state index is 13.2. The number of unbranched alkanes of at least 4 members (excludes halogenated alkanes) is 3. The molecule has 2 nitrogen and oxygen atoms in total. The van der Waals surface area contributed by atoms with Crippen LogP contribution in [0.3, 0.4) is 0 Å². The Kier molecular flexibility index (Phi) is 8.57. The zero-order valence-electron chi connectivity index (χ0n) is 11.3. The lowest BCUT2D eigenvalue weighted by Gasteiger charge is -2.08. The van der Waals surface area contributed by atoms with Gasteiger partial charge in [0.2, 0.25) is 5.91 Å². The van der Waals surface area contributed by atoms with Crippen molar-refractivity contribution in [3.8, 4) is 0 Å². The van der Waals surface area contributed by atoms with Crippen molar-refractivity contribution in [2.24, 2.45) is 0 Å². The van der Waals surface area contributed by atoms with Gasteiger partial charge in [0.15, 0.2) is 0 Å². The second-order valence-electron chi connectivity index (χ2n) is 4.45. The first-order valence-corrected chi connectivity index (χ1v) is 9.04. The van der Waals surface area contributed by atoms with Crippen molar-refractivity contribution in [1.29, 1.82) is 0 Å². The van der Waals surface area contributed by atoms with Gasteiger partial charge in [-0.1, -0.05) is 24.4 Å². The molecule has 112 valence electrons. The maximum atomic E-state index is 13.2. The van der Waals surface area contributed by atoms with Crippen molar-refractivity contribution in [3.63, 3.8) is 0 Å². The van der Waals surface area contributed by atoms with Crippen LogP contribution in [0.5, 0.6) is 0 Å². The van der Waals surface area contributed by atoms with E-state index in [1.807, 2.05) is 11.8 Å². The van der Waals surface area contributed by atoms with Crippen molar-refractivity contribution in [1.82, 2.24) is 0 Å². The summed E-state index contributed by atoms with van der Waals surface area (Å²) in [5, 5.41) is 2.92. The topological polar surface area (TPSA) is 29.1 Å². The lowest BCUT2D eigenvalue weighted by atomic mass is 10.1. The number of hydrogen-bond donors (Lipinski definition) is 1. The number of carbonyl (C=O) groups excluding carboxylic acids is 1. The Labute approximate surface area is 137 Å². The molecule has 0 heterocycles. The van der Waals surface area contributed by atoms with Crippen LogP contribution in [-0.2, 0) is 4.79 Å². The highest BCUT2D eigenvalue weighted by molar-refractivity contribution is 9.10.